The Morgan fingerprint density at radius 2 is 1.96 bits per heavy atom. The van der Waals surface area contributed by atoms with Crippen molar-refractivity contribution in [2.24, 2.45) is 0 Å². The van der Waals surface area contributed by atoms with Gasteiger partial charge in [-0.15, -0.1) is 11.3 Å². The molecule has 2 aliphatic heterocycles. The number of carbonyl (C=O) groups excluding carboxylic acids is 2. The van der Waals surface area contributed by atoms with Crippen molar-refractivity contribution in [3.8, 4) is 0 Å². The summed E-state index contributed by atoms with van der Waals surface area (Å²) in [5.41, 5.74) is 0.764. The number of likely N-dealkylation sites (tertiary alicyclic amines) is 1. The maximum atomic E-state index is 12.4. The lowest BCUT2D eigenvalue weighted by molar-refractivity contribution is -0.153. The molecule has 7 nitrogen and oxygen atoms in total. The van der Waals surface area contributed by atoms with Crippen molar-refractivity contribution >= 4 is 23.2 Å². The van der Waals surface area contributed by atoms with E-state index in [4.69, 9.17) is 4.74 Å². The van der Waals surface area contributed by atoms with E-state index in [1.807, 2.05) is 18.7 Å². The van der Waals surface area contributed by atoms with Gasteiger partial charge < -0.3 is 19.9 Å². The van der Waals surface area contributed by atoms with E-state index in [2.05, 4.69) is 15.2 Å². The second-order valence-electron chi connectivity index (χ2n) is 8.19. The van der Waals surface area contributed by atoms with Crippen LogP contribution < -0.4 is 5.32 Å². The van der Waals surface area contributed by atoms with Crippen molar-refractivity contribution in [3.63, 3.8) is 0 Å². The SMILES string of the molecule is Cc1nc(C)c(C(=O)NC[C@@H]2CN(C3CCN(C4CCC4)CC3)C(=O)CO2)s1. The van der Waals surface area contributed by atoms with Crippen LogP contribution in [0.1, 0.15) is 52.5 Å². The van der Waals surface area contributed by atoms with Gasteiger partial charge in [-0.2, -0.15) is 0 Å². The van der Waals surface area contributed by atoms with Crippen LogP contribution in [0.2, 0.25) is 0 Å². The minimum Gasteiger partial charge on any atom is -0.365 e. The third kappa shape index (κ3) is 4.23. The molecule has 1 saturated carbocycles. The molecule has 8 heteroatoms. The molecule has 3 fully saturated rings. The minimum atomic E-state index is -0.152. The van der Waals surface area contributed by atoms with Crippen molar-refractivity contribution in [1.82, 2.24) is 20.1 Å². The monoisotopic (exact) mass is 406 g/mol. The molecule has 1 atom stereocenters. The maximum Gasteiger partial charge on any atom is 0.263 e. The molecular formula is C20H30N4O3S. The van der Waals surface area contributed by atoms with Gasteiger partial charge in [0.15, 0.2) is 0 Å². The minimum absolute atomic E-state index is 0.0820. The molecule has 0 spiro atoms. The zero-order valence-electron chi connectivity index (χ0n) is 16.8. The van der Waals surface area contributed by atoms with E-state index >= 15 is 0 Å². The van der Waals surface area contributed by atoms with E-state index in [0.29, 0.717) is 24.0 Å². The molecule has 0 unspecified atom stereocenters. The van der Waals surface area contributed by atoms with E-state index < -0.39 is 0 Å². The Labute approximate surface area is 170 Å². The van der Waals surface area contributed by atoms with Gasteiger partial charge in [0, 0.05) is 38.3 Å². The first-order valence-electron chi connectivity index (χ1n) is 10.4. The number of aromatic nitrogens is 1. The van der Waals surface area contributed by atoms with Crippen LogP contribution in [0.25, 0.3) is 0 Å². The fourth-order valence-electron chi connectivity index (χ4n) is 4.47. The van der Waals surface area contributed by atoms with Crippen molar-refractivity contribution in [1.29, 1.82) is 0 Å². The Hall–Kier alpha value is -1.51. The molecule has 1 aromatic rings. The zero-order valence-corrected chi connectivity index (χ0v) is 17.6. The van der Waals surface area contributed by atoms with Gasteiger partial charge in [0.05, 0.1) is 16.8 Å². The van der Waals surface area contributed by atoms with Crippen molar-refractivity contribution < 1.29 is 14.3 Å². The Morgan fingerprint density at radius 1 is 1.21 bits per heavy atom. The van der Waals surface area contributed by atoms with Gasteiger partial charge in [0.1, 0.15) is 11.5 Å². The third-order valence-corrected chi connectivity index (χ3v) is 7.37. The van der Waals surface area contributed by atoms with Crippen molar-refractivity contribution in [3.05, 3.63) is 15.6 Å². The number of ether oxygens (including phenoxy) is 1. The molecule has 1 aliphatic carbocycles. The largest absolute Gasteiger partial charge is 0.365 e. The first kappa shape index (κ1) is 19.8. The molecule has 0 aromatic carbocycles. The fraction of sp³-hybridized carbons (Fsp3) is 0.750. The summed E-state index contributed by atoms with van der Waals surface area (Å²) in [6.45, 7) is 7.02. The highest BCUT2D eigenvalue weighted by Crippen LogP contribution is 2.29. The number of rotatable bonds is 5. The van der Waals surface area contributed by atoms with Crippen LogP contribution in [0.4, 0.5) is 0 Å². The van der Waals surface area contributed by atoms with Crippen molar-refractivity contribution in [2.75, 3.05) is 32.8 Å². The smallest absolute Gasteiger partial charge is 0.263 e. The Morgan fingerprint density at radius 3 is 2.57 bits per heavy atom. The quantitative estimate of drug-likeness (QED) is 0.806. The van der Waals surface area contributed by atoms with E-state index in [1.54, 1.807) is 0 Å². The Balaban J connectivity index is 1.28. The number of carbonyl (C=O) groups is 2. The molecule has 28 heavy (non-hydrogen) atoms. The summed E-state index contributed by atoms with van der Waals surface area (Å²) in [4.78, 5) is 34.4. The number of morpholine rings is 1. The van der Waals surface area contributed by atoms with Crippen LogP contribution in [-0.2, 0) is 9.53 Å². The topological polar surface area (TPSA) is 74.8 Å². The van der Waals surface area contributed by atoms with Gasteiger partial charge >= 0.3 is 0 Å². The summed E-state index contributed by atoms with van der Waals surface area (Å²) < 4.78 is 5.69. The fourth-order valence-corrected chi connectivity index (χ4v) is 5.30. The number of aryl methyl sites for hydroxylation is 2. The molecule has 0 radical (unpaired) electrons. The number of hydrogen-bond donors (Lipinski definition) is 1. The molecule has 3 aliphatic rings. The van der Waals surface area contributed by atoms with Gasteiger partial charge in [-0.05, 0) is 39.5 Å². The molecule has 4 rings (SSSR count). The second kappa shape index (κ2) is 8.47. The Kier molecular flexibility index (Phi) is 5.99. The summed E-state index contributed by atoms with van der Waals surface area (Å²) in [5, 5.41) is 3.85. The van der Waals surface area contributed by atoms with Crippen molar-refractivity contribution in [2.45, 2.75) is 64.1 Å². The lowest BCUT2D eigenvalue weighted by Gasteiger charge is -2.45. The zero-order chi connectivity index (χ0) is 19.7. The molecular weight excluding hydrogens is 376 g/mol. The highest BCUT2D eigenvalue weighted by molar-refractivity contribution is 7.13. The van der Waals surface area contributed by atoms with Gasteiger partial charge in [0.25, 0.3) is 5.91 Å². The average molecular weight is 407 g/mol. The van der Waals surface area contributed by atoms with Gasteiger partial charge in [-0.1, -0.05) is 6.42 Å². The van der Waals surface area contributed by atoms with Gasteiger partial charge in [-0.3, -0.25) is 9.59 Å². The molecule has 2 saturated heterocycles. The predicted molar refractivity (Wildman–Crippen MR) is 108 cm³/mol. The first-order valence-corrected chi connectivity index (χ1v) is 11.2. The lowest BCUT2D eigenvalue weighted by atomic mass is 9.89. The van der Waals surface area contributed by atoms with E-state index in [0.717, 1.165) is 42.7 Å². The summed E-state index contributed by atoms with van der Waals surface area (Å²) in [6, 6.07) is 1.08. The van der Waals surface area contributed by atoms with E-state index in [9.17, 15) is 9.59 Å². The Bertz CT molecular complexity index is 725. The molecule has 0 bridgehead atoms. The highest BCUT2D eigenvalue weighted by Gasteiger charge is 2.35. The molecule has 2 amide bonds. The number of nitrogens with one attached hydrogen (secondary N) is 1. The van der Waals surface area contributed by atoms with E-state index in [1.165, 1.54) is 30.6 Å². The highest BCUT2D eigenvalue weighted by atomic mass is 32.1. The average Bonchev–Trinajstić information content (AvgIpc) is 2.98. The number of nitrogens with zero attached hydrogens (tertiary/aromatic N) is 3. The second-order valence-corrected chi connectivity index (χ2v) is 9.39. The lowest BCUT2D eigenvalue weighted by Crippen LogP contribution is -2.57. The summed E-state index contributed by atoms with van der Waals surface area (Å²) in [5.74, 6) is -0.0254. The molecule has 1 N–H and O–H groups in total. The third-order valence-electron chi connectivity index (χ3n) is 6.29. The van der Waals surface area contributed by atoms with Crippen LogP contribution >= 0.6 is 11.3 Å². The molecule has 154 valence electrons. The standard InChI is InChI=1S/C20H30N4O3S/c1-13-19(28-14(2)22-13)20(26)21-10-17-11-24(18(25)12-27-17)16-6-8-23(9-7-16)15-4-3-5-15/h15-17H,3-12H2,1-2H3,(H,21,26)/t17-/m1/s1. The van der Waals surface area contributed by atoms with Crippen LogP contribution in [-0.4, -0.2) is 77.6 Å². The molecule has 1 aromatic heterocycles. The van der Waals surface area contributed by atoms with Crippen LogP contribution in [0.3, 0.4) is 0 Å². The van der Waals surface area contributed by atoms with Crippen LogP contribution in [0, 0.1) is 13.8 Å². The normalized spacial score (nSPS) is 25.0. The van der Waals surface area contributed by atoms with Gasteiger partial charge in [-0.25, -0.2) is 4.98 Å². The summed E-state index contributed by atoms with van der Waals surface area (Å²) in [7, 11) is 0. The van der Waals surface area contributed by atoms with Crippen LogP contribution in [0.5, 0.6) is 0 Å². The summed E-state index contributed by atoms with van der Waals surface area (Å²) in [6.07, 6.45) is 5.96. The predicted octanol–water partition coefficient (Wildman–Crippen LogP) is 1.73. The number of amides is 2. The van der Waals surface area contributed by atoms with E-state index in [-0.39, 0.29) is 24.5 Å². The molecule has 3 heterocycles. The number of hydrogen-bond acceptors (Lipinski definition) is 6. The van der Waals surface area contributed by atoms with Crippen LogP contribution in [0.15, 0.2) is 0 Å². The maximum absolute atomic E-state index is 12.4. The summed E-state index contributed by atoms with van der Waals surface area (Å²) >= 11 is 1.41. The van der Waals surface area contributed by atoms with Gasteiger partial charge in [0.2, 0.25) is 5.91 Å². The first-order chi connectivity index (χ1) is 13.5. The number of piperidine rings is 1. The number of thiazole rings is 1.